The number of nitrogens with one attached hydrogen (secondary N) is 2. The number of carbonyl (C=O) groups excluding carboxylic acids is 1. The number of H-pyrrole nitrogens is 1. The van der Waals surface area contributed by atoms with Gasteiger partial charge in [-0.3, -0.25) is 23.7 Å². The molecule has 1 aliphatic heterocycles. The molecule has 0 radical (unpaired) electrons. The van der Waals surface area contributed by atoms with Crippen LogP contribution < -0.4 is 26.6 Å². The summed E-state index contributed by atoms with van der Waals surface area (Å²) in [5, 5.41) is 13.0. The van der Waals surface area contributed by atoms with Crippen LogP contribution in [0.5, 0.6) is 5.75 Å². The van der Waals surface area contributed by atoms with Gasteiger partial charge in [0.05, 0.1) is 24.9 Å². The number of aromatic amines is 1. The lowest BCUT2D eigenvalue weighted by molar-refractivity contribution is -0.149. The second-order valence-electron chi connectivity index (χ2n) is 8.31. The van der Waals surface area contributed by atoms with Crippen LogP contribution in [0.1, 0.15) is 27.0 Å². The molecule has 198 valence electrons. The molecule has 13 nitrogen and oxygen atoms in total. The lowest BCUT2D eigenvalue weighted by Crippen LogP contribution is -2.43. The number of ether oxygens (including phenoxy) is 2. The molecule has 0 amide bonds. The van der Waals surface area contributed by atoms with Crippen molar-refractivity contribution in [2.45, 2.75) is 57.4 Å². The van der Waals surface area contributed by atoms with Crippen molar-refractivity contribution in [3.05, 3.63) is 63.2 Å². The summed E-state index contributed by atoms with van der Waals surface area (Å²) >= 11 is 0. The molecule has 2 aromatic rings. The van der Waals surface area contributed by atoms with Crippen molar-refractivity contribution in [3.8, 4) is 5.75 Å². The number of aromatic nitrogens is 2. The van der Waals surface area contributed by atoms with E-state index >= 15 is 0 Å². The highest BCUT2D eigenvalue weighted by Gasteiger charge is 2.45. The van der Waals surface area contributed by atoms with Crippen molar-refractivity contribution in [1.82, 2.24) is 14.6 Å². The van der Waals surface area contributed by atoms with E-state index in [2.05, 4.69) is 5.09 Å². The molecular weight excluding hydrogens is 502 g/mol. The number of benzene rings is 1. The van der Waals surface area contributed by atoms with E-state index in [9.17, 15) is 28.4 Å². The van der Waals surface area contributed by atoms with Crippen molar-refractivity contribution >= 4 is 13.7 Å². The maximum absolute atomic E-state index is 13.7. The number of halogens is 1. The molecule has 3 rings (SSSR count). The van der Waals surface area contributed by atoms with Crippen molar-refractivity contribution in [3.63, 3.8) is 0 Å². The lowest BCUT2D eigenvalue weighted by Gasteiger charge is -2.25. The molecule has 0 bridgehead atoms. The van der Waals surface area contributed by atoms with Crippen molar-refractivity contribution in [2.75, 3.05) is 6.61 Å². The van der Waals surface area contributed by atoms with E-state index in [1.807, 2.05) is 0 Å². The smallest absolute Gasteiger partial charge is 0.459 e. The first-order chi connectivity index (χ1) is 16.9. The minimum Gasteiger partial charge on any atom is -0.462 e. The van der Waals surface area contributed by atoms with Gasteiger partial charge in [-0.05, 0) is 32.9 Å². The van der Waals surface area contributed by atoms with Crippen LogP contribution in [0.3, 0.4) is 0 Å². The van der Waals surface area contributed by atoms with Crippen LogP contribution in [0.15, 0.2) is 46.1 Å². The zero-order chi connectivity index (χ0) is 26.6. The van der Waals surface area contributed by atoms with E-state index in [-0.39, 0.29) is 5.75 Å². The number of rotatable bonds is 10. The molecule has 0 aliphatic carbocycles. The Hall–Kier alpha value is -2.87. The third-order valence-electron chi connectivity index (χ3n) is 5.05. The highest BCUT2D eigenvalue weighted by Crippen LogP contribution is 2.45. The standard InChI is InChI=1S/C21H28FN4O9P/c1-11(2)33-20(29)12(3)25-36(31,35-13-7-5-4-6-8-13)32-10-15-17(27)16(23)19(34-15)26-9-14(22)18(28)24-21(26)30/h4-9,11-12,15-17,19,27H,10,23H2,1-3H3,(H,25,31)(H,24,28,30). The fourth-order valence-corrected chi connectivity index (χ4v) is 4.81. The first kappa shape index (κ1) is 27.7. The summed E-state index contributed by atoms with van der Waals surface area (Å²) in [7, 11) is -4.27. The number of nitrogens with zero attached hydrogens (tertiary/aromatic N) is 1. The average molecular weight is 530 g/mol. The van der Waals surface area contributed by atoms with Gasteiger partial charge >= 0.3 is 19.4 Å². The Balaban J connectivity index is 1.77. The topological polar surface area (TPSA) is 184 Å². The monoisotopic (exact) mass is 530 g/mol. The molecule has 6 unspecified atom stereocenters. The van der Waals surface area contributed by atoms with Gasteiger partial charge < -0.3 is 24.8 Å². The zero-order valence-corrected chi connectivity index (χ0v) is 20.6. The molecule has 1 aromatic heterocycles. The second-order valence-corrected chi connectivity index (χ2v) is 10.0. The average Bonchev–Trinajstić information content (AvgIpc) is 3.08. The van der Waals surface area contributed by atoms with E-state index in [0.29, 0.717) is 10.8 Å². The molecule has 5 N–H and O–H groups in total. The summed E-state index contributed by atoms with van der Waals surface area (Å²) in [6, 6.07) is 5.66. The molecule has 1 saturated heterocycles. The summed E-state index contributed by atoms with van der Waals surface area (Å²) < 4.78 is 49.6. The van der Waals surface area contributed by atoms with Crippen molar-refractivity contribution in [1.29, 1.82) is 0 Å². The Labute approximate surface area is 204 Å². The van der Waals surface area contributed by atoms with E-state index < -0.39 is 74.0 Å². The van der Waals surface area contributed by atoms with Crippen LogP contribution in [0.4, 0.5) is 4.39 Å². The molecule has 1 fully saturated rings. The summed E-state index contributed by atoms with van der Waals surface area (Å²) in [5.74, 6) is -1.80. The summed E-state index contributed by atoms with van der Waals surface area (Å²) in [6.45, 7) is 4.15. The number of carbonyl (C=O) groups is 1. The minimum absolute atomic E-state index is 0.162. The molecule has 1 aromatic carbocycles. The predicted octanol–water partition coefficient (Wildman–Crippen LogP) is 0.395. The summed E-state index contributed by atoms with van der Waals surface area (Å²) in [6.07, 6.45) is -3.85. The number of aliphatic hydroxyl groups is 1. The van der Waals surface area contributed by atoms with E-state index in [1.165, 1.54) is 19.1 Å². The molecule has 6 atom stereocenters. The first-order valence-corrected chi connectivity index (χ1v) is 12.5. The molecule has 0 saturated carbocycles. The number of para-hydroxylation sites is 1. The molecule has 36 heavy (non-hydrogen) atoms. The SMILES string of the molecule is CC(C)OC(=O)C(C)NP(=O)(OCC1OC(n2cc(F)c(=O)[nH]c2=O)C(N)C1O)Oc1ccccc1. The number of hydrogen-bond donors (Lipinski definition) is 4. The summed E-state index contributed by atoms with van der Waals surface area (Å²) in [4.78, 5) is 37.4. The number of hydrogen-bond acceptors (Lipinski definition) is 10. The Kier molecular flexibility index (Phi) is 8.82. The first-order valence-electron chi connectivity index (χ1n) is 11.0. The fraction of sp³-hybridized carbons (Fsp3) is 0.476. The van der Waals surface area contributed by atoms with Crippen LogP contribution in [0.2, 0.25) is 0 Å². The minimum atomic E-state index is -4.27. The molecular formula is C21H28FN4O9P. The van der Waals surface area contributed by atoms with Crippen LogP contribution in [0.25, 0.3) is 0 Å². The lowest BCUT2D eigenvalue weighted by atomic mass is 10.1. The quantitative estimate of drug-likeness (QED) is 0.246. The van der Waals surface area contributed by atoms with Gasteiger partial charge in [-0.25, -0.2) is 9.36 Å². The van der Waals surface area contributed by atoms with E-state index in [0.717, 1.165) is 0 Å². The van der Waals surface area contributed by atoms with Gasteiger partial charge in [-0.15, -0.1) is 0 Å². The normalized spacial score (nSPS) is 24.3. The Morgan fingerprint density at radius 2 is 1.97 bits per heavy atom. The van der Waals surface area contributed by atoms with Gasteiger partial charge in [-0.2, -0.15) is 9.48 Å². The van der Waals surface area contributed by atoms with Gasteiger partial charge in [0.25, 0.3) is 5.56 Å². The number of esters is 1. The predicted molar refractivity (Wildman–Crippen MR) is 124 cm³/mol. The Bertz CT molecular complexity index is 1220. The van der Waals surface area contributed by atoms with Gasteiger partial charge in [-0.1, -0.05) is 18.2 Å². The van der Waals surface area contributed by atoms with Crippen molar-refractivity contribution in [2.24, 2.45) is 5.73 Å². The molecule has 2 heterocycles. The Morgan fingerprint density at radius 3 is 2.61 bits per heavy atom. The molecule has 15 heteroatoms. The van der Waals surface area contributed by atoms with Gasteiger partial charge in [0.15, 0.2) is 6.23 Å². The van der Waals surface area contributed by atoms with Gasteiger partial charge in [0.1, 0.15) is 24.0 Å². The summed E-state index contributed by atoms with van der Waals surface area (Å²) in [5.41, 5.74) is 3.72. The van der Waals surface area contributed by atoms with Crippen LogP contribution in [-0.2, 0) is 23.4 Å². The maximum Gasteiger partial charge on any atom is 0.459 e. The highest BCUT2D eigenvalue weighted by molar-refractivity contribution is 7.52. The van der Waals surface area contributed by atoms with E-state index in [4.69, 9.17) is 24.3 Å². The third kappa shape index (κ3) is 6.66. The van der Waals surface area contributed by atoms with Gasteiger partial charge in [0, 0.05) is 0 Å². The zero-order valence-electron chi connectivity index (χ0n) is 19.7. The number of nitrogens with two attached hydrogens (primary N) is 1. The Morgan fingerprint density at radius 1 is 1.31 bits per heavy atom. The van der Waals surface area contributed by atoms with Crippen LogP contribution >= 0.6 is 7.75 Å². The van der Waals surface area contributed by atoms with Gasteiger partial charge in [0.2, 0.25) is 5.82 Å². The number of aliphatic hydroxyl groups excluding tert-OH is 1. The second kappa shape index (κ2) is 11.5. The fourth-order valence-electron chi connectivity index (χ4n) is 3.31. The maximum atomic E-state index is 13.7. The molecule has 1 aliphatic rings. The largest absolute Gasteiger partial charge is 0.462 e. The third-order valence-corrected chi connectivity index (χ3v) is 6.70. The van der Waals surface area contributed by atoms with Crippen LogP contribution in [0, 0.1) is 5.82 Å². The van der Waals surface area contributed by atoms with E-state index in [1.54, 1.807) is 37.0 Å². The van der Waals surface area contributed by atoms with Crippen molar-refractivity contribution < 1.29 is 37.4 Å². The molecule has 0 spiro atoms. The highest BCUT2D eigenvalue weighted by atomic mass is 31.2. The van der Waals surface area contributed by atoms with Crippen LogP contribution in [-0.4, -0.2) is 57.6 Å².